The van der Waals surface area contributed by atoms with Crippen LogP contribution in [0.15, 0.2) is 16.9 Å². The third-order valence-corrected chi connectivity index (χ3v) is 2.68. The van der Waals surface area contributed by atoms with Crippen LogP contribution in [0.3, 0.4) is 0 Å². The van der Waals surface area contributed by atoms with Gasteiger partial charge >= 0.3 is 5.97 Å². The molecule has 0 spiro atoms. The van der Waals surface area contributed by atoms with E-state index in [4.69, 9.17) is 5.11 Å². The van der Waals surface area contributed by atoms with Crippen LogP contribution in [0.5, 0.6) is 0 Å². The normalized spacial score (nSPS) is 11.2. The standard InChI is InChI=1S/C10H10BrN3O2/c1-5(2)14-7-3-8(11)12-4-6(7)13-9(14)10(15)16/h3-5H,1-2H3,(H,15,16). The van der Waals surface area contributed by atoms with Crippen molar-refractivity contribution in [2.45, 2.75) is 19.9 Å². The average molecular weight is 284 g/mol. The van der Waals surface area contributed by atoms with Gasteiger partial charge in [0.2, 0.25) is 5.82 Å². The Labute approximate surface area is 100 Å². The van der Waals surface area contributed by atoms with Gasteiger partial charge < -0.3 is 9.67 Å². The highest BCUT2D eigenvalue weighted by atomic mass is 79.9. The van der Waals surface area contributed by atoms with Crippen LogP contribution in [-0.4, -0.2) is 25.6 Å². The lowest BCUT2D eigenvalue weighted by molar-refractivity contribution is 0.0677. The second-order valence-electron chi connectivity index (χ2n) is 3.70. The molecule has 0 aromatic carbocycles. The van der Waals surface area contributed by atoms with E-state index < -0.39 is 5.97 Å². The molecule has 5 nitrogen and oxygen atoms in total. The number of fused-ring (bicyclic) bond motifs is 1. The summed E-state index contributed by atoms with van der Waals surface area (Å²) in [5, 5.41) is 9.07. The summed E-state index contributed by atoms with van der Waals surface area (Å²) in [6, 6.07) is 1.81. The van der Waals surface area contributed by atoms with Crippen molar-refractivity contribution in [2.75, 3.05) is 0 Å². The summed E-state index contributed by atoms with van der Waals surface area (Å²) in [4.78, 5) is 19.1. The van der Waals surface area contributed by atoms with Crippen molar-refractivity contribution >= 4 is 32.9 Å². The lowest BCUT2D eigenvalue weighted by Gasteiger charge is -2.10. The molecule has 0 amide bonds. The molecule has 0 saturated carbocycles. The lowest BCUT2D eigenvalue weighted by Crippen LogP contribution is -2.11. The smallest absolute Gasteiger partial charge is 0.372 e. The minimum atomic E-state index is -1.03. The Bertz CT molecular complexity index is 562. The number of nitrogens with zero attached hydrogens (tertiary/aromatic N) is 3. The minimum Gasteiger partial charge on any atom is -0.475 e. The topological polar surface area (TPSA) is 68.0 Å². The molecule has 0 aliphatic heterocycles. The number of carbonyl (C=O) groups is 1. The van der Waals surface area contributed by atoms with Crippen LogP contribution in [0, 0.1) is 0 Å². The Hall–Kier alpha value is -1.43. The van der Waals surface area contributed by atoms with E-state index >= 15 is 0 Å². The van der Waals surface area contributed by atoms with E-state index in [1.165, 1.54) is 0 Å². The number of aromatic carboxylic acids is 1. The van der Waals surface area contributed by atoms with Gasteiger partial charge in [0.1, 0.15) is 10.1 Å². The largest absolute Gasteiger partial charge is 0.475 e. The van der Waals surface area contributed by atoms with E-state index in [1.807, 2.05) is 13.8 Å². The van der Waals surface area contributed by atoms with Crippen LogP contribution in [0.1, 0.15) is 30.5 Å². The summed E-state index contributed by atoms with van der Waals surface area (Å²) in [5.41, 5.74) is 1.36. The van der Waals surface area contributed by atoms with Gasteiger partial charge in [0.25, 0.3) is 0 Å². The zero-order valence-electron chi connectivity index (χ0n) is 8.81. The van der Waals surface area contributed by atoms with E-state index in [1.54, 1.807) is 16.8 Å². The monoisotopic (exact) mass is 283 g/mol. The van der Waals surface area contributed by atoms with Crippen LogP contribution in [-0.2, 0) is 0 Å². The zero-order valence-corrected chi connectivity index (χ0v) is 10.4. The first kappa shape index (κ1) is 11.1. The molecule has 1 N–H and O–H groups in total. The van der Waals surface area contributed by atoms with Gasteiger partial charge in [-0.05, 0) is 35.8 Å². The molecule has 16 heavy (non-hydrogen) atoms. The van der Waals surface area contributed by atoms with Gasteiger partial charge in [-0.25, -0.2) is 14.8 Å². The molecule has 0 radical (unpaired) electrons. The zero-order chi connectivity index (χ0) is 11.9. The number of carboxylic acid groups (broad SMARTS) is 1. The quantitative estimate of drug-likeness (QED) is 0.860. The molecule has 0 fully saturated rings. The first-order valence-corrected chi connectivity index (χ1v) is 5.56. The van der Waals surface area contributed by atoms with Crippen molar-refractivity contribution < 1.29 is 9.90 Å². The summed E-state index contributed by atoms with van der Waals surface area (Å²) in [7, 11) is 0. The molecule has 0 saturated heterocycles. The van der Waals surface area contributed by atoms with Crippen molar-refractivity contribution in [1.82, 2.24) is 14.5 Å². The maximum atomic E-state index is 11.1. The van der Waals surface area contributed by atoms with Gasteiger partial charge in [0.15, 0.2) is 0 Å². The van der Waals surface area contributed by atoms with Gasteiger partial charge in [-0.1, -0.05) is 0 Å². The Morgan fingerprint density at radius 2 is 2.25 bits per heavy atom. The first-order chi connectivity index (χ1) is 7.50. The molecule has 0 bridgehead atoms. The van der Waals surface area contributed by atoms with Gasteiger partial charge in [-0.3, -0.25) is 0 Å². The van der Waals surface area contributed by atoms with E-state index in [0.717, 1.165) is 5.52 Å². The fourth-order valence-electron chi connectivity index (χ4n) is 1.65. The number of carboxylic acids is 1. The van der Waals surface area contributed by atoms with Crippen LogP contribution in [0.2, 0.25) is 0 Å². The fraction of sp³-hybridized carbons (Fsp3) is 0.300. The van der Waals surface area contributed by atoms with Crippen molar-refractivity contribution in [3.05, 3.63) is 22.7 Å². The summed E-state index contributed by atoms with van der Waals surface area (Å²) < 4.78 is 2.35. The molecule has 0 aliphatic rings. The van der Waals surface area contributed by atoms with E-state index in [9.17, 15) is 4.79 Å². The Balaban J connectivity index is 2.82. The number of hydrogen-bond acceptors (Lipinski definition) is 3. The molecule has 0 aliphatic carbocycles. The van der Waals surface area contributed by atoms with Gasteiger partial charge in [-0.15, -0.1) is 0 Å². The van der Waals surface area contributed by atoms with Gasteiger partial charge in [0, 0.05) is 6.04 Å². The Morgan fingerprint density at radius 1 is 1.56 bits per heavy atom. The van der Waals surface area contributed by atoms with Crippen LogP contribution in [0.4, 0.5) is 0 Å². The van der Waals surface area contributed by atoms with Crippen LogP contribution in [0.25, 0.3) is 11.0 Å². The highest BCUT2D eigenvalue weighted by molar-refractivity contribution is 9.10. The maximum Gasteiger partial charge on any atom is 0.372 e. The van der Waals surface area contributed by atoms with Crippen molar-refractivity contribution in [1.29, 1.82) is 0 Å². The third-order valence-electron chi connectivity index (χ3n) is 2.25. The number of hydrogen-bond donors (Lipinski definition) is 1. The fourth-order valence-corrected chi connectivity index (χ4v) is 1.97. The molecule has 84 valence electrons. The number of aromatic nitrogens is 3. The highest BCUT2D eigenvalue weighted by Gasteiger charge is 2.18. The van der Waals surface area contributed by atoms with Gasteiger partial charge in [-0.2, -0.15) is 0 Å². The molecule has 2 aromatic rings. The Kier molecular flexibility index (Phi) is 2.67. The molecule has 6 heteroatoms. The second-order valence-corrected chi connectivity index (χ2v) is 4.51. The maximum absolute atomic E-state index is 11.1. The molecular formula is C10H10BrN3O2. The van der Waals surface area contributed by atoms with E-state index in [0.29, 0.717) is 10.1 Å². The van der Waals surface area contributed by atoms with Crippen molar-refractivity contribution in [3.63, 3.8) is 0 Å². The molecule has 0 unspecified atom stereocenters. The molecule has 2 rings (SSSR count). The SMILES string of the molecule is CC(C)n1c(C(=O)O)nc2cnc(Br)cc21. The number of halogens is 1. The minimum absolute atomic E-state index is 0.0328. The molecular weight excluding hydrogens is 274 g/mol. The van der Waals surface area contributed by atoms with Gasteiger partial charge in [0.05, 0.1) is 11.7 Å². The highest BCUT2D eigenvalue weighted by Crippen LogP contribution is 2.22. The van der Waals surface area contributed by atoms with Crippen molar-refractivity contribution in [2.24, 2.45) is 0 Å². The summed E-state index contributed by atoms with van der Waals surface area (Å²) in [5.74, 6) is -0.981. The third kappa shape index (κ3) is 1.69. The summed E-state index contributed by atoms with van der Waals surface area (Å²) in [6.45, 7) is 3.84. The molecule has 2 aromatic heterocycles. The van der Waals surface area contributed by atoms with Crippen molar-refractivity contribution in [3.8, 4) is 0 Å². The number of pyridine rings is 1. The number of rotatable bonds is 2. The van der Waals surface area contributed by atoms with E-state index in [2.05, 4.69) is 25.9 Å². The molecule has 2 heterocycles. The van der Waals surface area contributed by atoms with E-state index in [-0.39, 0.29) is 11.9 Å². The second kappa shape index (κ2) is 3.86. The lowest BCUT2D eigenvalue weighted by atomic mass is 10.3. The Morgan fingerprint density at radius 3 is 2.81 bits per heavy atom. The molecule has 0 atom stereocenters. The predicted molar refractivity (Wildman–Crippen MR) is 62.6 cm³/mol. The predicted octanol–water partition coefficient (Wildman–Crippen LogP) is 2.47. The van der Waals surface area contributed by atoms with Crippen LogP contribution < -0.4 is 0 Å². The average Bonchev–Trinajstić information content (AvgIpc) is 2.55. The summed E-state index contributed by atoms with van der Waals surface area (Å²) in [6.07, 6.45) is 1.56. The first-order valence-electron chi connectivity index (χ1n) is 4.77. The number of imidazole rings is 1. The van der Waals surface area contributed by atoms with Crippen LogP contribution >= 0.6 is 15.9 Å². The summed E-state index contributed by atoms with van der Waals surface area (Å²) >= 11 is 3.26.